The Kier molecular flexibility index (Phi) is 3.55. The summed E-state index contributed by atoms with van der Waals surface area (Å²) in [5.74, 6) is 0.408. The molecular weight excluding hydrogens is 246 g/mol. The molecule has 0 heterocycles. The molecule has 1 unspecified atom stereocenters. The van der Waals surface area contributed by atoms with Crippen LogP contribution in [0.15, 0.2) is 54.6 Å². The van der Waals surface area contributed by atoms with Gasteiger partial charge in [-0.05, 0) is 30.9 Å². The van der Waals surface area contributed by atoms with Gasteiger partial charge in [0.05, 0.1) is 6.04 Å². The van der Waals surface area contributed by atoms with Crippen molar-refractivity contribution in [3.05, 3.63) is 71.3 Å². The fourth-order valence-corrected chi connectivity index (χ4v) is 2.37. The average Bonchev–Trinajstić information content (AvgIpc) is 3.31. The summed E-state index contributed by atoms with van der Waals surface area (Å²) in [7, 11) is 0. The number of aryl methyl sites for hydroxylation is 1. The first kappa shape index (κ1) is 12.9. The lowest BCUT2D eigenvalue weighted by Crippen LogP contribution is -2.30. The van der Waals surface area contributed by atoms with E-state index in [0.29, 0.717) is 0 Å². The predicted molar refractivity (Wildman–Crippen MR) is 80.3 cm³/mol. The fraction of sp³-hybridized carbons (Fsp3) is 0.278. The van der Waals surface area contributed by atoms with Crippen molar-refractivity contribution < 1.29 is 4.79 Å². The van der Waals surface area contributed by atoms with Gasteiger partial charge < -0.3 is 5.32 Å². The molecule has 1 saturated carbocycles. The molecule has 2 nitrogen and oxygen atoms in total. The number of hydrogen-bond donors (Lipinski definition) is 1. The molecule has 1 fully saturated rings. The molecule has 0 aliphatic heterocycles. The minimum Gasteiger partial charge on any atom is -0.345 e. The van der Waals surface area contributed by atoms with Gasteiger partial charge in [0.15, 0.2) is 0 Å². The largest absolute Gasteiger partial charge is 0.345 e. The van der Waals surface area contributed by atoms with E-state index in [0.717, 1.165) is 24.0 Å². The lowest BCUT2D eigenvalue weighted by Gasteiger charge is -2.20. The van der Waals surface area contributed by atoms with Crippen LogP contribution in [-0.4, -0.2) is 5.91 Å². The molecule has 0 bridgehead atoms. The molecule has 1 N–H and O–H groups in total. The van der Waals surface area contributed by atoms with Crippen LogP contribution in [0, 0.1) is 12.8 Å². The van der Waals surface area contributed by atoms with Crippen molar-refractivity contribution in [1.29, 1.82) is 0 Å². The summed E-state index contributed by atoms with van der Waals surface area (Å²) >= 11 is 0. The van der Waals surface area contributed by atoms with E-state index in [9.17, 15) is 4.79 Å². The third kappa shape index (κ3) is 2.90. The summed E-state index contributed by atoms with van der Waals surface area (Å²) in [5.41, 5.74) is 3.50. The number of hydrogen-bond acceptors (Lipinski definition) is 1. The second kappa shape index (κ2) is 5.49. The Morgan fingerprint density at radius 2 is 1.60 bits per heavy atom. The molecule has 0 aromatic heterocycles. The van der Waals surface area contributed by atoms with E-state index in [2.05, 4.69) is 48.6 Å². The average molecular weight is 265 g/mol. The highest BCUT2D eigenvalue weighted by Gasteiger charge is 2.31. The molecule has 0 saturated heterocycles. The molecular formula is C18H19NO. The second-order valence-corrected chi connectivity index (χ2v) is 5.54. The SMILES string of the molecule is Cc1ccc(C(NC(=O)C2CC2)c2ccccc2)cc1. The first-order chi connectivity index (χ1) is 9.74. The molecule has 20 heavy (non-hydrogen) atoms. The Morgan fingerprint density at radius 1 is 1.00 bits per heavy atom. The van der Waals surface area contributed by atoms with Gasteiger partial charge in [-0.1, -0.05) is 60.2 Å². The van der Waals surface area contributed by atoms with Gasteiger partial charge in [0.25, 0.3) is 0 Å². The monoisotopic (exact) mass is 265 g/mol. The van der Waals surface area contributed by atoms with Gasteiger partial charge in [0.1, 0.15) is 0 Å². The van der Waals surface area contributed by atoms with Crippen molar-refractivity contribution in [2.24, 2.45) is 5.92 Å². The summed E-state index contributed by atoms with van der Waals surface area (Å²) in [5, 5.41) is 3.19. The fourth-order valence-electron chi connectivity index (χ4n) is 2.37. The number of benzene rings is 2. The van der Waals surface area contributed by atoms with Crippen LogP contribution >= 0.6 is 0 Å². The van der Waals surface area contributed by atoms with E-state index in [1.54, 1.807) is 0 Å². The zero-order chi connectivity index (χ0) is 13.9. The molecule has 102 valence electrons. The summed E-state index contributed by atoms with van der Waals surface area (Å²) in [4.78, 5) is 12.1. The van der Waals surface area contributed by atoms with E-state index >= 15 is 0 Å². The van der Waals surface area contributed by atoms with Gasteiger partial charge in [-0.15, -0.1) is 0 Å². The highest BCUT2D eigenvalue weighted by Crippen LogP contribution is 2.31. The smallest absolute Gasteiger partial charge is 0.223 e. The van der Waals surface area contributed by atoms with E-state index in [1.807, 2.05) is 18.2 Å². The maximum Gasteiger partial charge on any atom is 0.223 e. The standard InChI is InChI=1S/C18H19NO/c1-13-7-9-15(10-8-13)17(14-5-3-2-4-6-14)19-18(20)16-11-12-16/h2-10,16-17H,11-12H2,1H3,(H,19,20). The maximum atomic E-state index is 12.1. The first-order valence-corrected chi connectivity index (χ1v) is 7.16. The van der Waals surface area contributed by atoms with Crippen LogP contribution in [0.25, 0.3) is 0 Å². The van der Waals surface area contributed by atoms with Crippen LogP contribution in [0.2, 0.25) is 0 Å². The number of rotatable bonds is 4. The van der Waals surface area contributed by atoms with Crippen LogP contribution in [0.4, 0.5) is 0 Å². The van der Waals surface area contributed by atoms with Gasteiger partial charge in [-0.25, -0.2) is 0 Å². The van der Waals surface area contributed by atoms with Crippen molar-refractivity contribution in [3.63, 3.8) is 0 Å². The lowest BCUT2D eigenvalue weighted by molar-refractivity contribution is -0.122. The van der Waals surface area contributed by atoms with Gasteiger partial charge in [0.2, 0.25) is 5.91 Å². The van der Waals surface area contributed by atoms with Crippen LogP contribution in [0.1, 0.15) is 35.6 Å². The summed E-state index contributed by atoms with van der Waals surface area (Å²) in [6, 6.07) is 18.5. The Morgan fingerprint density at radius 3 is 2.20 bits per heavy atom. The topological polar surface area (TPSA) is 29.1 Å². The third-order valence-electron chi connectivity index (χ3n) is 3.78. The van der Waals surface area contributed by atoms with Crippen molar-refractivity contribution in [1.82, 2.24) is 5.32 Å². The zero-order valence-corrected chi connectivity index (χ0v) is 11.7. The molecule has 0 radical (unpaired) electrons. The molecule has 1 amide bonds. The quantitative estimate of drug-likeness (QED) is 0.899. The third-order valence-corrected chi connectivity index (χ3v) is 3.78. The lowest BCUT2D eigenvalue weighted by atomic mass is 9.97. The zero-order valence-electron chi connectivity index (χ0n) is 11.7. The van der Waals surface area contributed by atoms with Crippen molar-refractivity contribution >= 4 is 5.91 Å². The Bertz CT molecular complexity index is 585. The van der Waals surface area contributed by atoms with Crippen LogP contribution in [0.3, 0.4) is 0 Å². The van der Waals surface area contributed by atoms with Crippen LogP contribution in [-0.2, 0) is 4.79 Å². The Labute approximate surface area is 119 Å². The number of carbonyl (C=O) groups is 1. The first-order valence-electron chi connectivity index (χ1n) is 7.16. The molecule has 2 aromatic rings. The number of nitrogens with one attached hydrogen (secondary N) is 1. The summed E-state index contributed by atoms with van der Waals surface area (Å²) in [6.45, 7) is 2.07. The molecule has 3 rings (SSSR count). The van der Waals surface area contributed by atoms with Crippen LogP contribution in [0.5, 0.6) is 0 Å². The van der Waals surface area contributed by atoms with Gasteiger partial charge in [-0.2, -0.15) is 0 Å². The second-order valence-electron chi connectivity index (χ2n) is 5.54. The van der Waals surface area contributed by atoms with Crippen molar-refractivity contribution in [3.8, 4) is 0 Å². The van der Waals surface area contributed by atoms with Gasteiger partial charge >= 0.3 is 0 Å². The van der Waals surface area contributed by atoms with Crippen molar-refractivity contribution in [2.45, 2.75) is 25.8 Å². The van der Waals surface area contributed by atoms with Gasteiger partial charge in [-0.3, -0.25) is 4.79 Å². The number of amides is 1. The minimum absolute atomic E-state index is 0.0510. The molecule has 1 aliphatic rings. The van der Waals surface area contributed by atoms with Crippen LogP contribution < -0.4 is 5.32 Å². The summed E-state index contributed by atoms with van der Waals surface area (Å²) < 4.78 is 0. The van der Waals surface area contributed by atoms with E-state index < -0.39 is 0 Å². The highest BCUT2D eigenvalue weighted by atomic mass is 16.2. The maximum absolute atomic E-state index is 12.1. The molecule has 1 aliphatic carbocycles. The van der Waals surface area contributed by atoms with Gasteiger partial charge in [0, 0.05) is 5.92 Å². The Balaban J connectivity index is 1.90. The van der Waals surface area contributed by atoms with Crippen molar-refractivity contribution in [2.75, 3.05) is 0 Å². The van der Waals surface area contributed by atoms with E-state index in [-0.39, 0.29) is 17.9 Å². The highest BCUT2D eigenvalue weighted by molar-refractivity contribution is 5.81. The number of carbonyl (C=O) groups excluding carboxylic acids is 1. The molecule has 2 aromatic carbocycles. The summed E-state index contributed by atoms with van der Waals surface area (Å²) in [6.07, 6.45) is 2.06. The minimum atomic E-state index is -0.0510. The normalized spacial score (nSPS) is 15.7. The van der Waals surface area contributed by atoms with E-state index in [1.165, 1.54) is 5.56 Å². The van der Waals surface area contributed by atoms with E-state index in [4.69, 9.17) is 0 Å². The predicted octanol–water partition coefficient (Wildman–Crippen LogP) is 3.61. The molecule has 2 heteroatoms. The Hall–Kier alpha value is -2.09. The molecule has 1 atom stereocenters. The molecule has 0 spiro atoms.